The molecule has 0 fully saturated rings. The summed E-state index contributed by atoms with van der Waals surface area (Å²) in [7, 11) is 1.57. The minimum Gasteiger partial charge on any atom is -0.493 e. The second-order valence-electron chi connectivity index (χ2n) is 6.55. The number of nitrogens with zero attached hydrogens (tertiary/aromatic N) is 1. The van der Waals surface area contributed by atoms with E-state index in [9.17, 15) is 4.79 Å². The van der Waals surface area contributed by atoms with Crippen LogP contribution in [-0.2, 0) is 17.8 Å². The van der Waals surface area contributed by atoms with Gasteiger partial charge in [0.05, 0.1) is 24.2 Å². The van der Waals surface area contributed by atoms with E-state index in [4.69, 9.17) is 21.1 Å². The number of hydrogen-bond donors (Lipinski definition) is 1. The zero-order valence-electron chi connectivity index (χ0n) is 16.6. The van der Waals surface area contributed by atoms with Crippen LogP contribution in [0.25, 0.3) is 0 Å². The van der Waals surface area contributed by atoms with E-state index in [1.54, 1.807) is 43.7 Å². The molecule has 0 aliphatic rings. The van der Waals surface area contributed by atoms with Crippen molar-refractivity contribution in [3.05, 3.63) is 91.3 Å². The minimum atomic E-state index is -0.223. The minimum absolute atomic E-state index is 0.213. The third-order valence-electron chi connectivity index (χ3n) is 4.23. The smallest absolute Gasteiger partial charge is 0.244 e. The number of methoxy groups -OCH3 is 1. The van der Waals surface area contributed by atoms with Gasteiger partial charge < -0.3 is 9.47 Å². The number of amides is 1. The lowest BCUT2D eigenvalue weighted by Gasteiger charge is -2.13. The molecule has 0 saturated heterocycles. The van der Waals surface area contributed by atoms with Gasteiger partial charge in [0, 0.05) is 9.50 Å². The Morgan fingerprint density at radius 2 is 1.74 bits per heavy atom. The summed E-state index contributed by atoms with van der Waals surface area (Å²) in [5, 5.41) is 4.66. The van der Waals surface area contributed by atoms with Crippen molar-refractivity contribution in [2.24, 2.45) is 5.10 Å². The van der Waals surface area contributed by atoms with Crippen LogP contribution in [0, 0.1) is 0 Å². The van der Waals surface area contributed by atoms with Crippen molar-refractivity contribution < 1.29 is 14.3 Å². The van der Waals surface area contributed by atoms with Crippen LogP contribution in [0.15, 0.2) is 74.7 Å². The maximum absolute atomic E-state index is 12.1. The molecule has 5 nitrogen and oxygen atoms in total. The zero-order chi connectivity index (χ0) is 22.2. The fourth-order valence-corrected chi connectivity index (χ4v) is 3.66. The van der Waals surface area contributed by atoms with Crippen LogP contribution in [0.2, 0.25) is 5.02 Å². The molecule has 0 unspecified atom stereocenters. The van der Waals surface area contributed by atoms with Crippen LogP contribution in [0.5, 0.6) is 11.5 Å². The molecule has 3 aromatic carbocycles. The van der Waals surface area contributed by atoms with Gasteiger partial charge in [-0.05, 0) is 69.0 Å². The number of benzene rings is 3. The molecule has 1 N–H and O–H groups in total. The van der Waals surface area contributed by atoms with E-state index in [1.165, 1.54) is 0 Å². The molecule has 0 spiro atoms. The van der Waals surface area contributed by atoms with Crippen molar-refractivity contribution in [1.82, 2.24) is 5.43 Å². The van der Waals surface area contributed by atoms with Gasteiger partial charge in [0.1, 0.15) is 6.61 Å². The maximum Gasteiger partial charge on any atom is 0.244 e. The fraction of sp³-hybridized carbons (Fsp3) is 0.130. The fourth-order valence-electron chi connectivity index (χ4n) is 2.70. The molecule has 3 rings (SSSR count). The molecule has 3 aromatic rings. The van der Waals surface area contributed by atoms with Crippen molar-refractivity contribution >= 4 is 55.6 Å². The summed E-state index contributed by atoms with van der Waals surface area (Å²) in [5.41, 5.74) is 5.15. The van der Waals surface area contributed by atoms with Gasteiger partial charge in [0.25, 0.3) is 0 Å². The second-order valence-corrected chi connectivity index (χ2v) is 8.75. The Hall–Kier alpha value is -2.35. The van der Waals surface area contributed by atoms with E-state index in [1.807, 2.05) is 30.3 Å². The van der Waals surface area contributed by atoms with E-state index in [2.05, 4.69) is 42.4 Å². The molecule has 0 heterocycles. The number of carbonyl (C=O) groups excluding carboxylic acids is 1. The molecule has 0 aliphatic heterocycles. The Labute approximate surface area is 202 Å². The number of ether oxygens (including phenoxy) is 2. The first kappa shape index (κ1) is 23.3. The first-order valence-corrected chi connectivity index (χ1v) is 11.2. The number of hydrazone groups is 1. The van der Waals surface area contributed by atoms with Crippen LogP contribution in [0.1, 0.15) is 16.7 Å². The maximum atomic E-state index is 12.1. The quantitative estimate of drug-likeness (QED) is 0.263. The van der Waals surface area contributed by atoms with Crippen LogP contribution in [0.4, 0.5) is 0 Å². The van der Waals surface area contributed by atoms with Crippen molar-refractivity contribution in [3.63, 3.8) is 0 Å². The summed E-state index contributed by atoms with van der Waals surface area (Å²) in [6, 6.07) is 18.6. The second kappa shape index (κ2) is 11.3. The Morgan fingerprint density at radius 1 is 1.06 bits per heavy atom. The molecule has 8 heteroatoms. The molecule has 0 atom stereocenters. The monoisotopic (exact) mass is 564 g/mol. The molecule has 0 aliphatic carbocycles. The normalized spacial score (nSPS) is 10.8. The summed E-state index contributed by atoms with van der Waals surface area (Å²) in [4.78, 5) is 12.1. The largest absolute Gasteiger partial charge is 0.493 e. The van der Waals surface area contributed by atoms with E-state index < -0.39 is 0 Å². The Bertz CT molecular complexity index is 1070. The van der Waals surface area contributed by atoms with Crippen molar-refractivity contribution in [2.75, 3.05) is 7.11 Å². The van der Waals surface area contributed by atoms with Gasteiger partial charge in [-0.2, -0.15) is 5.10 Å². The molecule has 0 bridgehead atoms. The van der Waals surface area contributed by atoms with Crippen molar-refractivity contribution in [2.45, 2.75) is 13.0 Å². The van der Waals surface area contributed by atoms with Crippen LogP contribution >= 0.6 is 43.5 Å². The third kappa shape index (κ3) is 7.09. The Kier molecular flexibility index (Phi) is 8.51. The average Bonchev–Trinajstić information content (AvgIpc) is 2.75. The van der Waals surface area contributed by atoms with E-state index in [0.29, 0.717) is 23.1 Å². The van der Waals surface area contributed by atoms with Crippen molar-refractivity contribution in [1.29, 1.82) is 0 Å². The van der Waals surface area contributed by atoms with Gasteiger partial charge in [-0.15, -0.1) is 0 Å². The van der Waals surface area contributed by atoms with Gasteiger partial charge in [0.15, 0.2) is 11.5 Å². The summed E-state index contributed by atoms with van der Waals surface area (Å²) in [6.45, 7) is 0.399. The Morgan fingerprint density at radius 3 is 2.42 bits per heavy atom. The number of carbonyl (C=O) groups is 1. The van der Waals surface area contributed by atoms with Crippen LogP contribution < -0.4 is 14.9 Å². The van der Waals surface area contributed by atoms with Crippen LogP contribution in [0.3, 0.4) is 0 Å². The molecule has 0 aromatic heterocycles. The van der Waals surface area contributed by atoms with Gasteiger partial charge in [0.2, 0.25) is 5.91 Å². The summed E-state index contributed by atoms with van der Waals surface area (Å²) in [6.07, 6.45) is 1.76. The van der Waals surface area contributed by atoms with Gasteiger partial charge in [-0.25, -0.2) is 5.43 Å². The molecular formula is C23H19Br2ClN2O3. The molecule has 31 heavy (non-hydrogen) atoms. The zero-order valence-corrected chi connectivity index (χ0v) is 20.5. The first-order chi connectivity index (χ1) is 14.9. The topological polar surface area (TPSA) is 59.9 Å². The summed E-state index contributed by atoms with van der Waals surface area (Å²) < 4.78 is 13.1. The van der Waals surface area contributed by atoms with Gasteiger partial charge in [-0.3, -0.25) is 4.79 Å². The van der Waals surface area contributed by atoms with Crippen molar-refractivity contribution in [3.8, 4) is 11.5 Å². The summed E-state index contributed by atoms with van der Waals surface area (Å²) in [5.74, 6) is 0.925. The number of hydrogen-bond acceptors (Lipinski definition) is 4. The number of rotatable bonds is 8. The van der Waals surface area contributed by atoms with E-state index >= 15 is 0 Å². The Balaban J connectivity index is 1.62. The number of nitrogens with one attached hydrogen (secondary N) is 1. The summed E-state index contributed by atoms with van der Waals surface area (Å²) >= 11 is 12.8. The standard InChI is InChI=1S/C23H19Br2ClN2O3/c1-30-21-11-17(13-27-28-22(29)12-15-4-8-19(26)9-5-15)10-20(25)23(21)31-14-16-2-6-18(24)7-3-16/h2-11,13H,12,14H2,1H3,(H,28,29)/b27-13-. The molecule has 1 amide bonds. The SMILES string of the molecule is COc1cc(/C=N\NC(=O)Cc2ccc(Cl)cc2)cc(Br)c1OCc1ccc(Br)cc1. The lowest BCUT2D eigenvalue weighted by atomic mass is 10.1. The van der Waals surface area contributed by atoms with Gasteiger partial charge in [-0.1, -0.05) is 51.8 Å². The highest BCUT2D eigenvalue weighted by atomic mass is 79.9. The predicted molar refractivity (Wildman–Crippen MR) is 130 cm³/mol. The third-order valence-corrected chi connectivity index (χ3v) is 5.60. The molecular weight excluding hydrogens is 548 g/mol. The molecule has 0 saturated carbocycles. The predicted octanol–water partition coefficient (Wildman–Crippen LogP) is 6.15. The first-order valence-electron chi connectivity index (χ1n) is 9.25. The van der Waals surface area contributed by atoms with E-state index in [-0.39, 0.29) is 12.3 Å². The van der Waals surface area contributed by atoms with Gasteiger partial charge >= 0.3 is 0 Å². The highest BCUT2D eigenvalue weighted by Crippen LogP contribution is 2.36. The van der Waals surface area contributed by atoms with E-state index in [0.717, 1.165) is 25.6 Å². The molecule has 160 valence electrons. The lowest BCUT2D eigenvalue weighted by Crippen LogP contribution is -2.19. The lowest BCUT2D eigenvalue weighted by molar-refractivity contribution is -0.120. The number of halogens is 3. The average molecular weight is 567 g/mol. The highest BCUT2D eigenvalue weighted by Gasteiger charge is 2.12. The molecule has 0 radical (unpaired) electrons. The van der Waals surface area contributed by atoms with Crippen LogP contribution in [-0.4, -0.2) is 19.2 Å². The highest BCUT2D eigenvalue weighted by molar-refractivity contribution is 9.10.